The van der Waals surface area contributed by atoms with Gasteiger partial charge in [0.15, 0.2) is 0 Å². The summed E-state index contributed by atoms with van der Waals surface area (Å²) in [5, 5.41) is 4.19. The topological polar surface area (TPSA) is 48.1 Å². The number of fused-ring (bicyclic) bond motifs is 1. The number of aromatic nitrogens is 1. The molecule has 27 heavy (non-hydrogen) atoms. The molecule has 1 amide bonds. The largest absolute Gasteiger partial charge is 0.372 e. The Bertz CT molecular complexity index is 934. The Morgan fingerprint density at radius 3 is 2.44 bits per heavy atom. The van der Waals surface area contributed by atoms with Crippen molar-refractivity contribution >= 4 is 28.2 Å². The minimum atomic E-state index is -0.634. The standard InChI is InChI=1S/C23H27N3O/c1-23(2,20-16-24-21-9-5-4-8-19(20)21)22(27)25-17-10-12-18(13-11-17)26-14-6-3-7-15-26/h4-5,8-13,16,24H,3,6-7,14-15H2,1-2H3,(H,25,27). The van der Waals surface area contributed by atoms with E-state index in [-0.39, 0.29) is 5.91 Å². The molecular formula is C23H27N3O. The summed E-state index contributed by atoms with van der Waals surface area (Å²) in [7, 11) is 0. The number of hydrogen-bond acceptors (Lipinski definition) is 2. The van der Waals surface area contributed by atoms with Gasteiger partial charge >= 0.3 is 0 Å². The van der Waals surface area contributed by atoms with Gasteiger partial charge in [0.05, 0.1) is 5.41 Å². The van der Waals surface area contributed by atoms with Crippen molar-refractivity contribution in [2.75, 3.05) is 23.3 Å². The minimum Gasteiger partial charge on any atom is -0.372 e. The highest BCUT2D eigenvalue weighted by Crippen LogP contribution is 2.32. The Kier molecular flexibility index (Phi) is 4.65. The van der Waals surface area contributed by atoms with Gasteiger partial charge in [-0.1, -0.05) is 18.2 Å². The number of amides is 1. The van der Waals surface area contributed by atoms with Crippen LogP contribution in [-0.2, 0) is 10.2 Å². The fourth-order valence-electron chi connectivity index (χ4n) is 3.91. The summed E-state index contributed by atoms with van der Waals surface area (Å²) in [5.41, 5.74) is 3.52. The van der Waals surface area contributed by atoms with Gasteiger partial charge < -0.3 is 15.2 Å². The van der Waals surface area contributed by atoms with Gasteiger partial charge in [0.2, 0.25) is 5.91 Å². The van der Waals surface area contributed by atoms with E-state index in [0.29, 0.717) is 0 Å². The average molecular weight is 361 g/mol. The van der Waals surface area contributed by atoms with E-state index in [1.807, 2.05) is 50.4 Å². The number of anilines is 2. The summed E-state index contributed by atoms with van der Waals surface area (Å²) in [6, 6.07) is 16.3. The molecular weight excluding hydrogens is 334 g/mol. The molecule has 2 aromatic carbocycles. The lowest BCUT2D eigenvalue weighted by Gasteiger charge is -2.29. The van der Waals surface area contributed by atoms with Crippen LogP contribution < -0.4 is 10.2 Å². The molecule has 1 aromatic heterocycles. The normalized spacial score (nSPS) is 15.1. The van der Waals surface area contributed by atoms with Gasteiger partial charge in [-0.15, -0.1) is 0 Å². The van der Waals surface area contributed by atoms with E-state index in [1.54, 1.807) is 0 Å². The van der Waals surface area contributed by atoms with Crippen LogP contribution in [0.3, 0.4) is 0 Å². The molecule has 0 spiro atoms. The van der Waals surface area contributed by atoms with Crippen molar-refractivity contribution in [3.8, 4) is 0 Å². The van der Waals surface area contributed by atoms with Crippen molar-refractivity contribution in [3.63, 3.8) is 0 Å². The third kappa shape index (κ3) is 3.44. The second kappa shape index (κ2) is 7.10. The highest BCUT2D eigenvalue weighted by molar-refractivity contribution is 6.01. The van der Waals surface area contributed by atoms with Crippen molar-refractivity contribution in [2.24, 2.45) is 0 Å². The first-order chi connectivity index (χ1) is 13.1. The van der Waals surface area contributed by atoms with Gasteiger partial charge in [-0.05, 0) is 69.0 Å². The monoisotopic (exact) mass is 361 g/mol. The molecule has 140 valence electrons. The number of benzene rings is 2. The quantitative estimate of drug-likeness (QED) is 0.681. The number of aromatic amines is 1. The Balaban J connectivity index is 1.51. The molecule has 0 aliphatic carbocycles. The molecule has 4 heteroatoms. The number of carbonyl (C=O) groups is 1. The maximum Gasteiger partial charge on any atom is 0.234 e. The Morgan fingerprint density at radius 1 is 1.00 bits per heavy atom. The lowest BCUT2D eigenvalue weighted by Crippen LogP contribution is -2.34. The van der Waals surface area contributed by atoms with Crippen LogP contribution in [0.4, 0.5) is 11.4 Å². The maximum atomic E-state index is 13.0. The van der Waals surface area contributed by atoms with Crippen LogP contribution in [-0.4, -0.2) is 24.0 Å². The number of carbonyl (C=O) groups excluding carboxylic acids is 1. The van der Waals surface area contributed by atoms with Crippen molar-refractivity contribution in [1.82, 2.24) is 4.98 Å². The highest BCUT2D eigenvalue weighted by atomic mass is 16.2. The van der Waals surface area contributed by atoms with Crippen LogP contribution in [0.2, 0.25) is 0 Å². The van der Waals surface area contributed by atoms with Gasteiger partial charge in [0.1, 0.15) is 0 Å². The van der Waals surface area contributed by atoms with Crippen LogP contribution in [0.1, 0.15) is 38.7 Å². The molecule has 3 aromatic rings. The van der Waals surface area contributed by atoms with Crippen LogP contribution >= 0.6 is 0 Å². The lowest BCUT2D eigenvalue weighted by molar-refractivity contribution is -0.120. The summed E-state index contributed by atoms with van der Waals surface area (Å²) in [6.45, 7) is 6.19. The summed E-state index contributed by atoms with van der Waals surface area (Å²) in [6.07, 6.45) is 5.80. The van der Waals surface area contributed by atoms with Crippen molar-refractivity contribution in [2.45, 2.75) is 38.5 Å². The third-order valence-electron chi connectivity index (χ3n) is 5.68. The zero-order valence-electron chi connectivity index (χ0n) is 16.1. The molecule has 0 atom stereocenters. The molecule has 1 saturated heterocycles. The summed E-state index contributed by atoms with van der Waals surface area (Å²) >= 11 is 0. The molecule has 4 rings (SSSR count). The molecule has 2 heterocycles. The molecule has 2 N–H and O–H groups in total. The summed E-state index contributed by atoms with van der Waals surface area (Å²) < 4.78 is 0. The van der Waals surface area contributed by atoms with E-state index in [0.717, 1.165) is 35.2 Å². The van der Waals surface area contributed by atoms with E-state index in [9.17, 15) is 4.79 Å². The molecule has 1 fully saturated rings. The Hall–Kier alpha value is -2.75. The van der Waals surface area contributed by atoms with Gasteiger partial charge in [-0.25, -0.2) is 0 Å². The van der Waals surface area contributed by atoms with Gasteiger partial charge in [-0.3, -0.25) is 4.79 Å². The van der Waals surface area contributed by atoms with E-state index >= 15 is 0 Å². The zero-order chi connectivity index (χ0) is 18.9. The summed E-state index contributed by atoms with van der Waals surface area (Å²) in [4.78, 5) is 18.7. The molecule has 0 unspecified atom stereocenters. The second-order valence-electron chi connectivity index (χ2n) is 7.92. The highest BCUT2D eigenvalue weighted by Gasteiger charge is 2.32. The van der Waals surface area contributed by atoms with E-state index < -0.39 is 5.41 Å². The predicted octanol–water partition coefficient (Wildman–Crippen LogP) is 5.07. The van der Waals surface area contributed by atoms with Crippen LogP contribution in [0.25, 0.3) is 10.9 Å². The number of para-hydroxylation sites is 1. The molecule has 0 radical (unpaired) electrons. The average Bonchev–Trinajstić information content (AvgIpc) is 3.14. The van der Waals surface area contributed by atoms with Gasteiger partial charge in [0.25, 0.3) is 0 Å². The maximum absolute atomic E-state index is 13.0. The first-order valence-electron chi connectivity index (χ1n) is 9.79. The van der Waals surface area contributed by atoms with E-state index in [2.05, 4.69) is 33.4 Å². The van der Waals surface area contributed by atoms with Crippen molar-refractivity contribution in [3.05, 3.63) is 60.3 Å². The molecule has 0 saturated carbocycles. The number of nitrogens with one attached hydrogen (secondary N) is 2. The first-order valence-corrected chi connectivity index (χ1v) is 9.79. The number of rotatable bonds is 4. The fraction of sp³-hybridized carbons (Fsp3) is 0.348. The fourth-order valence-corrected chi connectivity index (χ4v) is 3.91. The molecule has 0 bridgehead atoms. The SMILES string of the molecule is CC(C)(C(=O)Nc1ccc(N2CCCCC2)cc1)c1c[nH]c2ccccc12. The Morgan fingerprint density at radius 2 is 1.70 bits per heavy atom. The number of hydrogen-bond donors (Lipinski definition) is 2. The van der Waals surface area contributed by atoms with E-state index in [4.69, 9.17) is 0 Å². The van der Waals surface area contributed by atoms with Crippen LogP contribution in [0.15, 0.2) is 54.7 Å². The predicted molar refractivity (Wildman–Crippen MR) is 112 cm³/mol. The minimum absolute atomic E-state index is 0.00187. The molecule has 1 aliphatic rings. The number of H-pyrrole nitrogens is 1. The third-order valence-corrected chi connectivity index (χ3v) is 5.68. The smallest absolute Gasteiger partial charge is 0.234 e. The lowest BCUT2D eigenvalue weighted by atomic mass is 9.83. The Labute approximate surface area is 160 Å². The van der Waals surface area contributed by atoms with Gasteiger partial charge in [0, 0.05) is 41.6 Å². The van der Waals surface area contributed by atoms with Crippen LogP contribution in [0.5, 0.6) is 0 Å². The van der Waals surface area contributed by atoms with Crippen LogP contribution in [0, 0.1) is 0 Å². The molecule has 1 aliphatic heterocycles. The summed E-state index contributed by atoms with van der Waals surface area (Å²) in [5.74, 6) is -0.00187. The molecule has 4 nitrogen and oxygen atoms in total. The zero-order valence-corrected chi connectivity index (χ0v) is 16.1. The second-order valence-corrected chi connectivity index (χ2v) is 7.92. The first kappa shape index (κ1) is 17.7. The number of nitrogens with zero attached hydrogens (tertiary/aromatic N) is 1. The van der Waals surface area contributed by atoms with E-state index in [1.165, 1.54) is 24.9 Å². The number of piperidine rings is 1. The van der Waals surface area contributed by atoms with Gasteiger partial charge in [-0.2, -0.15) is 0 Å². The van der Waals surface area contributed by atoms with Crippen molar-refractivity contribution < 1.29 is 4.79 Å². The van der Waals surface area contributed by atoms with Crippen molar-refractivity contribution in [1.29, 1.82) is 0 Å².